The number of ketones is 1. The monoisotopic (exact) mass is 602 g/mol. The van der Waals surface area contributed by atoms with E-state index in [-0.39, 0.29) is 6.61 Å². The average Bonchev–Trinajstić information content (AvgIpc) is 2.97. The molecule has 8 nitrogen and oxygen atoms in total. The first-order valence-corrected chi connectivity index (χ1v) is 17.5. The summed E-state index contributed by atoms with van der Waals surface area (Å²) in [6.45, 7) is 1.37. The predicted molar refractivity (Wildman–Crippen MR) is 167 cm³/mol. The first-order valence-electron chi connectivity index (χ1n) is 17.5. The van der Waals surface area contributed by atoms with Gasteiger partial charge in [0.15, 0.2) is 6.29 Å². The molecule has 0 aliphatic carbocycles. The first-order chi connectivity index (χ1) is 20.4. The Morgan fingerprint density at radius 3 is 1.43 bits per heavy atom. The maximum absolute atomic E-state index is 10.9. The fourth-order valence-electron chi connectivity index (χ4n) is 5.78. The second-order valence-electron chi connectivity index (χ2n) is 12.7. The summed E-state index contributed by atoms with van der Waals surface area (Å²) in [5.41, 5.74) is 0. The number of hydrogen-bond acceptors (Lipinski definition) is 8. The van der Waals surface area contributed by atoms with E-state index >= 15 is 0 Å². The number of ether oxygens (including phenoxy) is 2. The zero-order valence-corrected chi connectivity index (χ0v) is 26.8. The van der Waals surface area contributed by atoms with Crippen molar-refractivity contribution >= 4 is 5.78 Å². The van der Waals surface area contributed by atoms with Crippen LogP contribution < -0.4 is 0 Å². The van der Waals surface area contributed by atoms with Gasteiger partial charge in [-0.15, -0.1) is 0 Å². The molecule has 0 spiro atoms. The fourth-order valence-corrected chi connectivity index (χ4v) is 5.78. The van der Waals surface area contributed by atoms with Gasteiger partial charge >= 0.3 is 0 Å². The molecule has 1 heterocycles. The van der Waals surface area contributed by atoms with Gasteiger partial charge in [0.25, 0.3) is 0 Å². The van der Waals surface area contributed by atoms with Crippen molar-refractivity contribution in [2.75, 3.05) is 13.2 Å². The normalized spacial score (nSPS) is 23.3. The molecule has 250 valence electrons. The standard InChI is InChI=1S/C34H66O8/c1-28(36)23-21-19-17-15-13-11-9-7-5-3-2-4-6-8-10-12-14-16-18-20-22-24-29(37)25-26-41-34-33(40)32(39)31(38)30(27-35)42-34/h29-35,37-40H,2-27H2,1H3/t29-,30+,31+,32-,33+,34+/m0/s1. The van der Waals surface area contributed by atoms with Gasteiger partial charge in [-0.2, -0.15) is 0 Å². The Kier molecular flexibility index (Phi) is 25.1. The molecule has 0 radical (unpaired) electrons. The Balaban J connectivity index is 1.78. The maximum Gasteiger partial charge on any atom is 0.186 e. The Morgan fingerprint density at radius 1 is 0.619 bits per heavy atom. The zero-order chi connectivity index (χ0) is 30.8. The van der Waals surface area contributed by atoms with Gasteiger partial charge in [-0.25, -0.2) is 0 Å². The molecule has 1 saturated heterocycles. The number of aliphatic hydroxyl groups is 5. The molecule has 0 aromatic rings. The zero-order valence-electron chi connectivity index (χ0n) is 26.8. The molecule has 0 saturated carbocycles. The minimum absolute atomic E-state index is 0.163. The van der Waals surface area contributed by atoms with Crippen molar-refractivity contribution in [1.29, 1.82) is 0 Å². The van der Waals surface area contributed by atoms with Crippen LogP contribution in [0.25, 0.3) is 0 Å². The lowest BCUT2D eigenvalue weighted by atomic mass is 9.99. The smallest absolute Gasteiger partial charge is 0.186 e. The van der Waals surface area contributed by atoms with Crippen molar-refractivity contribution in [2.24, 2.45) is 0 Å². The van der Waals surface area contributed by atoms with Gasteiger partial charge in [0.1, 0.15) is 30.2 Å². The summed E-state index contributed by atoms with van der Waals surface area (Å²) in [7, 11) is 0. The number of unbranched alkanes of at least 4 members (excludes halogenated alkanes) is 20. The molecule has 0 aromatic heterocycles. The topological polar surface area (TPSA) is 137 Å². The van der Waals surface area contributed by atoms with Crippen LogP contribution in [0.2, 0.25) is 0 Å². The lowest BCUT2D eigenvalue weighted by molar-refractivity contribution is -0.301. The molecule has 0 amide bonds. The summed E-state index contributed by atoms with van der Waals surface area (Å²) < 4.78 is 10.8. The number of hydrogen-bond donors (Lipinski definition) is 5. The minimum atomic E-state index is -1.45. The van der Waals surface area contributed by atoms with E-state index in [0.29, 0.717) is 18.6 Å². The van der Waals surface area contributed by atoms with E-state index in [4.69, 9.17) is 9.47 Å². The number of aliphatic hydroxyl groups excluding tert-OH is 5. The highest BCUT2D eigenvalue weighted by molar-refractivity contribution is 5.75. The molecular formula is C34H66O8. The quantitative estimate of drug-likeness (QED) is 0.0647. The molecule has 5 N–H and O–H groups in total. The Hall–Kier alpha value is -0.610. The van der Waals surface area contributed by atoms with E-state index in [2.05, 4.69) is 0 Å². The van der Waals surface area contributed by atoms with Crippen molar-refractivity contribution in [2.45, 2.75) is 198 Å². The van der Waals surface area contributed by atoms with Gasteiger partial charge in [-0.05, 0) is 26.2 Å². The van der Waals surface area contributed by atoms with Crippen molar-refractivity contribution in [3.63, 3.8) is 0 Å². The summed E-state index contributed by atoms with van der Waals surface area (Å²) in [6, 6.07) is 0. The van der Waals surface area contributed by atoms with Crippen LogP contribution in [-0.4, -0.2) is 81.3 Å². The van der Waals surface area contributed by atoms with Crippen LogP contribution >= 0.6 is 0 Å². The number of carbonyl (C=O) groups is 1. The molecular weight excluding hydrogens is 536 g/mol. The summed E-state index contributed by atoms with van der Waals surface area (Å²) >= 11 is 0. The van der Waals surface area contributed by atoms with Crippen LogP contribution in [0, 0.1) is 0 Å². The van der Waals surface area contributed by atoms with Crippen LogP contribution in [0.5, 0.6) is 0 Å². The van der Waals surface area contributed by atoms with Gasteiger partial charge in [-0.3, -0.25) is 0 Å². The molecule has 0 unspecified atom stereocenters. The van der Waals surface area contributed by atoms with Gasteiger partial charge in [0, 0.05) is 6.42 Å². The highest BCUT2D eigenvalue weighted by Gasteiger charge is 2.43. The molecule has 0 bridgehead atoms. The SMILES string of the molecule is CC(=O)CCCCCCCCCCCCCCCCCCCCCCC[C@H](O)CCO[C@@H]1O[C@H](CO)[C@@H](O)[C@H](O)[C@H]1O. The third kappa shape index (κ3) is 20.4. The Morgan fingerprint density at radius 2 is 1.02 bits per heavy atom. The van der Waals surface area contributed by atoms with E-state index in [9.17, 15) is 30.3 Å². The molecule has 1 aliphatic heterocycles. The van der Waals surface area contributed by atoms with E-state index in [0.717, 1.165) is 25.7 Å². The number of Topliss-reactive ketones (excluding diaryl/α,β-unsaturated/α-hetero) is 1. The lowest BCUT2D eigenvalue weighted by Gasteiger charge is -2.39. The third-order valence-electron chi connectivity index (χ3n) is 8.65. The summed E-state index contributed by atoms with van der Waals surface area (Å²) in [4.78, 5) is 10.9. The lowest BCUT2D eigenvalue weighted by Crippen LogP contribution is -2.59. The van der Waals surface area contributed by atoms with E-state index in [1.807, 2.05) is 0 Å². The largest absolute Gasteiger partial charge is 0.394 e. The van der Waals surface area contributed by atoms with Crippen molar-refractivity contribution in [3.05, 3.63) is 0 Å². The van der Waals surface area contributed by atoms with Gasteiger partial charge < -0.3 is 39.8 Å². The predicted octanol–water partition coefficient (Wildman–Crippen LogP) is 6.12. The van der Waals surface area contributed by atoms with Crippen molar-refractivity contribution in [3.8, 4) is 0 Å². The Bertz CT molecular complexity index is 616. The highest BCUT2D eigenvalue weighted by atomic mass is 16.7. The van der Waals surface area contributed by atoms with Gasteiger partial charge in [0.2, 0.25) is 0 Å². The third-order valence-corrected chi connectivity index (χ3v) is 8.65. The summed E-state index contributed by atoms with van der Waals surface area (Å²) in [6.07, 6.45) is 22.3. The second-order valence-corrected chi connectivity index (χ2v) is 12.7. The molecule has 1 rings (SSSR count). The molecule has 1 fully saturated rings. The van der Waals surface area contributed by atoms with Gasteiger partial charge in [-0.1, -0.05) is 128 Å². The summed E-state index contributed by atoms with van der Waals surface area (Å²) in [5, 5.41) is 49.0. The fraction of sp³-hybridized carbons (Fsp3) is 0.971. The molecule has 1 aliphatic rings. The second kappa shape index (κ2) is 26.8. The number of carbonyl (C=O) groups excluding carboxylic acids is 1. The van der Waals surface area contributed by atoms with Gasteiger partial charge in [0.05, 0.1) is 19.3 Å². The van der Waals surface area contributed by atoms with E-state index in [1.165, 1.54) is 116 Å². The van der Waals surface area contributed by atoms with Crippen LogP contribution in [-0.2, 0) is 14.3 Å². The van der Waals surface area contributed by atoms with Crippen LogP contribution in [0.15, 0.2) is 0 Å². The van der Waals surface area contributed by atoms with E-state index < -0.39 is 43.4 Å². The van der Waals surface area contributed by atoms with Crippen molar-refractivity contribution < 1.29 is 39.8 Å². The Labute approximate surface area is 256 Å². The summed E-state index contributed by atoms with van der Waals surface area (Å²) in [5.74, 6) is 0.326. The molecule has 0 aromatic carbocycles. The van der Waals surface area contributed by atoms with Crippen molar-refractivity contribution in [1.82, 2.24) is 0 Å². The molecule has 42 heavy (non-hydrogen) atoms. The molecule has 8 heteroatoms. The van der Waals surface area contributed by atoms with Crippen LogP contribution in [0.4, 0.5) is 0 Å². The highest BCUT2D eigenvalue weighted by Crippen LogP contribution is 2.22. The van der Waals surface area contributed by atoms with Crippen LogP contribution in [0.3, 0.4) is 0 Å². The first kappa shape index (κ1) is 39.4. The minimum Gasteiger partial charge on any atom is -0.394 e. The van der Waals surface area contributed by atoms with E-state index in [1.54, 1.807) is 6.92 Å². The average molecular weight is 603 g/mol. The van der Waals surface area contributed by atoms with Crippen LogP contribution in [0.1, 0.15) is 161 Å². The maximum atomic E-state index is 10.9. The molecule has 6 atom stereocenters. The number of rotatable bonds is 29.